The molecule has 0 N–H and O–H groups in total. The molecule has 35 heavy (non-hydrogen) atoms. The van der Waals surface area contributed by atoms with Gasteiger partial charge in [-0.25, -0.2) is 0 Å². The fraction of sp³-hybridized carbons (Fsp3) is 0.462. The van der Waals surface area contributed by atoms with Gasteiger partial charge in [-0.05, 0) is 50.5 Å². The summed E-state index contributed by atoms with van der Waals surface area (Å²) in [5.74, 6) is -0.344. The molecular formula is C26H32N4O5. The van der Waals surface area contributed by atoms with Gasteiger partial charge in [0.25, 0.3) is 5.91 Å². The number of amides is 2. The van der Waals surface area contributed by atoms with Crippen molar-refractivity contribution in [1.29, 1.82) is 0 Å². The third kappa shape index (κ3) is 5.72. The molecule has 2 amide bonds. The molecule has 4 rings (SSSR count). The number of ether oxygens (including phenoxy) is 1. The second kappa shape index (κ2) is 10.8. The summed E-state index contributed by atoms with van der Waals surface area (Å²) < 4.78 is 5.47. The summed E-state index contributed by atoms with van der Waals surface area (Å²) >= 11 is 0. The number of piperidine rings is 1. The van der Waals surface area contributed by atoms with Gasteiger partial charge in [0.1, 0.15) is 0 Å². The zero-order valence-electron chi connectivity index (χ0n) is 20.3. The van der Waals surface area contributed by atoms with Crippen LogP contribution in [-0.2, 0) is 9.59 Å². The number of rotatable bonds is 6. The summed E-state index contributed by atoms with van der Waals surface area (Å²) in [6.07, 6.45) is 1.49. The first-order chi connectivity index (χ1) is 16.8. The van der Waals surface area contributed by atoms with Crippen LogP contribution in [0.2, 0.25) is 0 Å². The number of anilines is 1. The van der Waals surface area contributed by atoms with E-state index in [4.69, 9.17) is 4.74 Å². The maximum atomic E-state index is 13.3. The third-order valence-corrected chi connectivity index (χ3v) is 6.81. The number of likely N-dealkylation sites (tertiary alicyclic amines) is 1. The van der Waals surface area contributed by atoms with E-state index in [9.17, 15) is 19.7 Å². The van der Waals surface area contributed by atoms with Crippen molar-refractivity contribution in [2.24, 2.45) is 5.92 Å². The lowest BCUT2D eigenvalue weighted by Crippen LogP contribution is -2.56. The van der Waals surface area contributed by atoms with Crippen molar-refractivity contribution in [2.45, 2.75) is 32.7 Å². The fourth-order valence-electron chi connectivity index (χ4n) is 4.97. The predicted octanol–water partition coefficient (Wildman–Crippen LogP) is 3.26. The molecule has 2 unspecified atom stereocenters. The SMILES string of the molecule is Cc1cccc(N2CCN(C(=O)C3CCCN(C(=O)COc4ccccc4[N+](=O)[O-])C3)CC2C)c1. The summed E-state index contributed by atoms with van der Waals surface area (Å²) in [5.41, 5.74) is 2.22. The van der Waals surface area contributed by atoms with E-state index in [0.717, 1.165) is 19.4 Å². The minimum Gasteiger partial charge on any atom is -0.477 e. The van der Waals surface area contributed by atoms with Crippen molar-refractivity contribution in [3.05, 3.63) is 64.2 Å². The molecule has 2 aliphatic rings. The van der Waals surface area contributed by atoms with E-state index >= 15 is 0 Å². The number of nitro benzene ring substituents is 1. The van der Waals surface area contributed by atoms with Crippen LogP contribution in [0.15, 0.2) is 48.5 Å². The van der Waals surface area contributed by atoms with E-state index in [1.165, 1.54) is 23.4 Å². The van der Waals surface area contributed by atoms with Crippen molar-refractivity contribution in [3.63, 3.8) is 0 Å². The van der Waals surface area contributed by atoms with E-state index in [1.807, 2.05) is 4.90 Å². The monoisotopic (exact) mass is 480 g/mol. The van der Waals surface area contributed by atoms with Gasteiger partial charge in [-0.15, -0.1) is 0 Å². The molecule has 9 nitrogen and oxygen atoms in total. The third-order valence-electron chi connectivity index (χ3n) is 6.81. The molecule has 0 spiro atoms. The highest BCUT2D eigenvalue weighted by atomic mass is 16.6. The Labute approximate surface area is 205 Å². The average Bonchev–Trinajstić information content (AvgIpc) is 2.87. The highest BCUT2D eigenvalue weighted by Crippen LogP contribution is 2.27. The van der Waals surface area contributed by atoms with E-state index in [0.29, 0.717) is 26.2 Å². The lowest BCUT2D eigenvalue weighted by Gasteiger charge is -2.43. The van der Waals surface area contributed by atoms with E-state index in [1.54, 1.807) is 17.0 Å². The quantitative estimate of drug-likeness (QED) is 0.465. The lowest BCUT2D eigenvalue weighted by molar-refractivity contribution is -0.385. The number of carbonyl (C=O) groups excluding carboxylic acids is 2. The van der Waals surface area contributed by atoms with Gasteiger partial charge in [0, 0.05) is 50.5 Å². The molecule has 2 fully saturated rings. The maximum Gasteiger partial charge on any atom is 0.310 e. The summed E-state index contributed by atoms with van der Waals surface area (Å²) in [6.45, 7) is 6.91. The molecule has 186 valence electrons. The van der Waals surface area contributed by atoms with E-state index < -0.39 is 4.92 Å². The van der Waals surface area contributed by atoms with Crippen molar-refractivity contribution in [1.82, 2.24) is 9.80 Å². The molecule has 0 radical (unpaired) electrons. The smallest absolute Gasteiger partial charge is 0.310 e. The standard InChI is InChI=1S/C26H32N4O5/c1-19-7-5-9-22(15-19)29-14-13-28(16-20(29)2)26(32)21-8-6-12-27(17-21)25(31)18-35-24-11-4-3-10-23(24)30(33)34/h3-5,7,9-11,15,20-21H,6,8,12-14,16-18H2,1-2H3. The van der Waals surface area contributed by atoms with Crippen molar-refractivity contribution in [2.75, 3.05) is 44.2 Å². The van der Waals surface area contributed by atoms with Crippen LogP contribution in [0.4, 0.5) is 11.4 Å². The summed E-state index contributed by atoms with van der Waals surface area (Å²) in [5, 5.41) is 11.2. The van der Waals surface area contributed by atoms with Crippen molar-refractivity contribution >= 4 is 23.2 Å². The van der Waals surface area contributed by atoms with Gasteiger partial charge in [-0.2, -0.15) is 0 Å². The minimum absolute atomic E-state index is 0.0657. The Morgan fingerprint density at radius 3 is 2.60 bits per heavy atom. The van der Waals surface area contributed by atoms with Gasteiger partial charge in [0.2, 0.25) is 5.91 Å². The number of nitro groups is 1. The molecular weight excluding hydrogens is 448 g/mol. The van der Waals surface area contributed by atoms with Gasteiger partial charge >= 0.3 is 5.69 Å². The van der Waals surface area contributed by atoms with Crippen LogP contribution in [0, 0.1) is 23.0 Å². The zero-order valence-corrected chi connectivity index (χ0v) is 20.3. The average molecular weight is 481 g/mol. The van der Waals surface area contributed by atoms with Crippen LogP contribution in [0.5, 0.6) is 5.75 Å². The van der Waals surface area contributed by atoms with Crippen LogP contribution < -0.4 is 9.64 Å². The number of carbonyl (C=O) groups is 2. The van der Waals surface area contributed by atoms with Gasteiger partial charge < -0.3 is 19.4 Å². The number of nitrogens with zero attached hydrogens (tertiary/aromatic N) is 4. The normalized spacial score (nSPS) is 20.5. The van der Waals surface area contributed by atoms with Gasteiger partial charge in [-0.1, -0.05) is 24.3 Å². The van der Waals surface area contributed by atoms with Gasteiger partial charge in [0.05, 0.1) is 10.8 Å². The van der Waals surface area contributed by atoms with Crippen molar-refractivity contribution in [3.8, 4) is 5.75 Å². The van der Waals surface area contributed by atoms with E-state index in [2.05, 4.69) is 43.0 Å². The molecule has 2 aliphatic heterocycles. The first kappa shape index (κ1) is 24.5. The molecule has 2 heterocycles. The fourth-order valence-corrected chi connectivity index (χ4v) is 4.97. The molecule has 0 bridgehead atoms. The van der Waals surface area contributed by atoms with E-state index in [-0.39, 0.29) is 41.8 Å². The number of piperazine rings is 1. The Bertz CT molecular complexity index is 1090. The Morgan fingerprint density at radius 2 is 1.86 bits per heavy atom. The molecule has 2 atom stereocenters. The number of aryl methyl sites for hydroxylation is 1. The molecule has 0 aromatic heterocycles. The molecule has 2 aromatic rings. The Balaban J connectivity index is 1.32. The number of benzene rings is 2. The second-order valence-corrected chi connectivity index (χ2v) is 9.36. The molecule has 9 heteroatoms. The summed E-state index contributed by atoms with van der Waals surface area (Å²) in [6, 6.07) is 14.6. The highest BCUT2D eigenvalue weighted by Gasteiger charge is 2.34. The largest absolute Gasteiger partial charge is 0.477 e. The summed E-state index contributed by atoms with van der Waals surface area (Å²) in [4.78, 5) is 42.6. The zero-order chi connectivity index (χ0) is 24.9. The second-order valence-electron chi connectivity index (χ2n) is 9.36. The van der Waals surface area contributed by atoms with Crippen LogP contribution >= 0.6 is 0 Å². The van der Waals surface area contributed by atoms with Gasteiger partial charge in [-0.3, -0.25) is 19.7 Å². The molecule has 2 saturated heterocycles. The predicted molar refractivity (Wildman–Crippen MR) is 132 cm³/mol. The lowest BCUT2D eigenvalue weighted by atomic mass is 9.95. The number of hydrogen-bond acceptors (Lipinski definition) is 6. The highest BCUT2D eigenvalue weighted by molar-refractivity contribution is 5.82. The Morgan fingerprint density at radius 1 is 1.06 bits per heavy atom. The number of hydrogen-bond donors (Lipinski definition) is 0. The van der Waals surface area contributed by atoms with Crippen LogP contribution in [0.1, 0.15) is 25.3 Å². The molecule has 2 aromatic carbocycles. The minimum atomic E-state index is -0.533. The molecule has 0 aliphatic carbocycles. The Hall–Kier alpha value is -3.62. The maximum absolute atomic E-state index is 13.3. The topological polar surface area (TPSA) is 96.2 Å². The first-order valence-electron chi connectivity index (χ1n) is 12.1. The van der Waals surface area contributed by atoms with Crippen LogP contribution in [0.3, 0.4) is 0 Å². The van der Waals surface area contributed by atoms with Crippen molar-refractivity contribution < 1.29 is 19.2 Å². The summed E-state index contributed by atoms with van der Waals surface area (Å²) in [7, 11) is 0. The van der Waals surface area contributed by atoms with Crippen LogP contribution in [0.25, 0.3) is 0 Å². The molecule has 0 saturated carbocycles. The first-order valence-corrected chi connectivity index (χ1v) is 12.1. The number of para-hydroxylation sites is 2. The van der Waals surface area contributed by atoms with Crippen LogP contribution in [-0.4, -0.2) is 71.9 Å². The Kier molecular flexibility index (Phi) is 7.53. The van der Waals surface area contributed by atoms with Gasteiger partial charge in [0.15, 0.2) is 12.4 Å².